The van der Waals surface area contributed by atoms with Gasteiger partial charge in [0.25, 0.3) is 5.56 Å². The van der Waals surface area contributed by atoms with Gasteiger partial charge in [-0.3, -0.25) is 19.2 Å². The number of nitrogens with zero attached hydrogens (tertiary/aromatic N) is 2. The lowest BCUT2D eigenvalue weighted by Crippen LogP contribution is -2.47. The molecule has 2 aromatic carbocycles. The molecule has 51 heavy (non-hydrogen) atoms. The van der Waals surface area contributed by atoms with Crippen LogP contribution in [0.1, 0.15) is 49.8 Å². The summed E-state index contributed by atoms with van der Waals surface area (Å²) in [5.74, 6) is -5.93. The normalized spacial score (nSPS) is 15.1. The minimum Gasteiger partial charge on any atom is -0.487 e. The second-order valence-corrected chi connectivity index (χ2v) is 12.8. The van der Waals surface area contributed by atoms with Crippen molar-refractivity contribution >= 4 is 34.3 Å². The molecule has 0 radical (unpaired) electrons. The average molecular weight is 710 g/mol. The van der Waals surface area contributed by atoms with Crippen LogP contribution in [0, 0.1) is 17.6 Å². The van der Waals surface area contributed by atoms with E-state index in [1.54, 1.807) is 44.6 Å². The molecule has 10 nitrogen and oxygen atoms in total. The lowest BCUT2D eigenvalue weighted by Gasteiger charge is -2.28. The largest absolute Gasteiger partial charge is 0.487 e. The van der Waals surface area contributed by atoms with Gasteiger partial charge in [-0.1, -0.05) is 18.2 Å². The highest BCUT2D eigenvalue weighted by Crippen LogP contribution is 2.36. The quantitative estimate of drug-likeness (QED) is 0.118. The van der Waals surface area contributed by atoms with Gasteiger partial charge in [-0.05, 0) is 68.2 Å². The fourth-order valence-electron chi connectivity index (χ4n) is 5.80. The molecule has 1 aliphatic rings. The zero-order valence-electron chi connectivity index (χ0n) is 28.2. The molecule has 270 valence electrons. The molecule has 3 N–H and O–H groups in total. The van der Waals surface area contributed by atoms with Crippen LogP contribution < -0.4 is 20.9 Å². The number of anilines is 1. The monoisotopic (exact) mass is 709 g/mol. The summed E-state index contributed by atoms with van der Waals surface area (Å²) < 4.78 is 62.1. The third kappa shape index (κ3) is 9.65. The van der Waals surface area contributed by atoms with Crippen molar-refractivity contribution in [3.8, 4) is 5.75 Å². The average Bonchev–Trinajstić information content (AvgIpc) is 3.50. The van der Waals surface area contributed by atoms with E-state index in [0.29, 0.717) is 17.0 Å². The summed E-state index contributed by atoms with van der Waals surface area (Å²) in [4.78, 5) is 56.6. The number of nitrogens with one attached hydrogen (secondary N) is 3. The number of rotatable bonds is 13. The highest BCUT2D eigenvalue weighted by Gasteiger charge is 2.38. The molecule has 0 spiro atoms. The number of alkyl halides is 2. The number of hydrogen-bond donors (Lipinski definition) is 3. The Morgan fingerprint density at radius 1 is 1.08 bits per heavy atom. The van der Waals surface area contributed by atoms with Crippen LogP contribution >= 0.6 is 0 Å². The molecule has 3 amide bonds. The van der Waals surface area contributed by atoms with Crippen molar-refractivity contribution in [3.05, 3.63) is 106 Å². The number of fused-ring (bicyclic) bond motifs is 1. The minimum absolute atomic E-state index is 0.0119. The summed E-state index contributed by atoms with van der Waals surface area (Å²) in [7, 11) is 3.18. The Morgan fingerprint density at radius 3 is 2.57 bits per heavy atom. The molecule has 1 atom stereocenters. The fourth-order valence-corrected chi connectivity index (χ4v) is 5.80. The number of hydrogen-bond acceptors (Lipinski definition) is 5. The van der Waals surface area contributed by atoms with Crippen LogP contribution in [0.4, 0.5) is 23.2 Å². The number of aromatic nitrogens is 2. The number of H-pyrrole nitrogens is 1. The van der Waals surface area contributed by atoms with E-state index in [9.17, 15) is 36.7 Å². The van der Waals surface area contributed by atoms with Crippen molar-refractivity contribution in [2.24, 2.45) is 5.92 Å². The lowest BCUT2D eigenvalue weighted by molar-refractivity contribution is -0.132. The molecular formula is C37H39F4N5O5. The molecule has 2 heterocycles. The van der Waals surface area contributed by atoms with Gasteiger partial charge in [-0.2, -0.15) is 0 Å². The maximum Gasteiger partial charge on any atom is 0.274 e. The molecule has 0 bridgehead atoms. The van der Waals surface area contributed by atoms with Gasteiger partial charge in [0.15, 0.2) is 0 Å². The zero-order valence-corrected chi connectivity index (χ0v) is 28.2. The van der Waals surface area contributed by atoms with Gasteiger partial charge in [-0.15, -0.1) is 0 Å². The number of aromatic amines is 1. The Hall–Kier alpha value is -5.40. The van der Waals surface area contributed by atoms with Crippen molar-refractivity contribution in [1.82, 2.24) is 19.8 Å². The predicted octanol–water partition coefficient (Wildman–Crippen LogP) is 5.91. The lowest BCUT2D eigenvalue weighted by atomic mass is 9.86. The van der Waals surface area contributed by atoms with Gasteiger partial charge in [0.05, 0.1) is 12.1 Å². The van der Waals surface area contributed by atoms with Gasteiger partial charge < -0.3 is 29.8 Å². The van der Waals surface area contributed by atoms with Crippen LogP contribution in [0.15, 0.2) is 77.7 Å². The fraction of sp³-hybridized carbons (Fsp3) is 0.351. The number of carbonyl (C=O) groups is 3. The molecule has 1 aliphatic carbocycles. The number of ether oxygens (including phenoxy) is 1. The number of benzene rings is 2. The van der Waals surface area contributed by atoms with Crippen LogP contribution in [0.3, 0.4) is 0 Å². The topological polar surface area (TPSA) is 126 Å². The molecule has 5 rings (SSSR count). The van der Waals surface area contributed by atoms with Gasteiger partial charge in [0.1, 0.15) is 35.7 Å². The smallest absolute Gasteiger partial charge is 0.274 e. The maximum atomic E-state index is 14.1. The summed E-state index contributed by atoms with van der Waals surface area (Å²) in [6.45, 7) is -0.0518. The second kappa shape index (κ2) is 16.1. The Bertz CT molecular complexity index is 1980. The third-order valence-corrected chi connectivity index (χ3v) is 8.73. The standard InChI is InChI=1S/C37H39F4N5O5/c1-45(2)32(47)11-4-3-8-29(43-34(48)23-14-16-37(40,41)17-15-23)35(49)44-30-9-6-18-46(36(30)50)21-27-19-24-7-5-10-31(33(24)42-27)51-22-25-12-13-26(38)20-28(25)39/h4-7,9-13,18-20,23,29,42H,3,8,14-17,21-22H2,1-2H3,(H,43,48)(H,44,49). The Balaban J connectivity index is 1.28. The van der Waals surface area contributed by atoms with E-state index < -0.39 is 59.7 Å². The van der Waals surface area contributed by atoms with Gasteiger partial charge in [0.2, 0.25) is 23.6 Å². The zero-order chi connectivity index (χ0) is 36.7. The van der Waals surface area contributed by atoms with Gasteiger partial charge >= 0.3 is 0 Å². The summed E-state index contributed by atoms with van der Waals surface area (Å²) >= 11 is 0. The number of pyridine rings is 1. The predicted molar refractivity (Wildman–Crippen MR) is 183 cm³/mol. The van der Waals surface area contributed by atoms with Crippen molar-refractivity contribution in [2.45, 2.75) is 63.6 Å². The van der Waals surface area contributed by atoms with E-state index in [1.807, 2.05) is 12.1 Å². The van der Waals surface area contributed by atoms with Crippen LogP contribution in [0.5, 0.6) is 5.75 Å². The van der Waals surface area contributed by atoms with Crippen molar-refractivity contribution in [2.75, 3.05) is 19.4 Å². The van der Waals surface area contributed by atoms with E-state index in [4.69, 9.17) is 4.74 Å². The molecule has 0 aliphatic heterocycles. The molecule has 0 saturated heterocycles. The Morgan fingerprint density at radius 2 is 1.84 bits per heavy atom. The highest BCUT2D eigenvalue weighted by molar-refractivity contribution is 5.97. The van der Waals surface area contributed by atoms with Crippen molar-refractivity contribution in [1.29, 1.82) is 0 Å². The first kappa shape index (κ1) is 36.9. The second-order valence-electron chi connectivity index (χ2n) is 12.8. The Kier molecular flexibility index (Phi) is 11.6. The molecule has 1 unspecified atom stereocenters. The molecule has 2 aromatic heterocycles. The first-order valence-electron chi connectivity index (χ1n) is 16.5. The van der Waals surface area contributed by atoms with E-state index in [2.05, 4.69) is 15.6 Å². The van der Waals surface area contributed by atoms with Crippen LogP contribution in [-0.2, 0) is 27.5 Å². The van der Waals surface area contributed by atoms with E-state index >= 15 is 0 Å². The molecule has 1 saturated carbocycles. The molecule has 1 fully saturated rings. The number of likely N-dealkylation sites (N-methyl/N-ethyl adjacent to an activating group) is 1. The van der Waals surface area contributed by atoms with Crippen LogP contribution in [0.2, 0.25) is 0 Å². The Labute approximate surface area is 291 Å². The van der Waals surface area contributed by atoms with Gasteiger partial charge in [-0.25, -0.2) is 17.6 Å². The molecule has 14 heteroatoms. The van der Waals surface area contributed by atoms with Crippen LogP contribution in [-0.4, -0.2) is 58.2 Å². The minimum atomic E-state index is -2.82. The number of amides is 3. The number of halogens is 4. The van der Waals surface area contributed by atoms with E-state index in [1.165, 1.54) is 27.7 Å². The molecular weight excluding hydrogens is 670 g/mol. The number of carbonyl (C=O) groups excluding carboxylic acids is 3. The number of para-hydroxylation sites is 1. The van der Waals surface area contributed by atoms with Crippen molar-refractivity contribution < 1.29 is 36.7 Å². The maximum absolute atomic E-state index is 14.1. The number of allylic oxidation sites excluding steroid dienone is 1. The van der Waals surface area contributed by atoms with Crippen molar-refractivity contribution in [3.63, 3.8) is 0 Å². The molecule has 4 aromatic rings. The highest BCUT2D eigenvalue weighted by atomic mass is 19.3. The third-order valence-electron chi connectivity index (χ3n) is 8.73. The SMILES string of the molecule is CN(C)C(=O)C=CCCC(NC(=O)C1CCC(F)(F)CC1)C(=O)Nc1cccn(Cc2cc3cccc(OCc4ccc(F)cc4F)c3[nH]2)c1=O. The van der Waals surface area contributed by atoms with E-state index in [0.717, 1.165) is 17.5 Å². The summed E-state index contributed by atoms with van der Waals surface area (Å²) in [5, 5.41) is 6.05. The van der Waals surface area contributed by atoms with Crippen LogP contribution in [0.25, 0.3) is 10.9 Å². The summed E-state index contributed by atoms with van der Waals surface area (Å²) in [6, 6.07) is 12.3. The van der Waals surface area contributed by atoms with E-state index in [-0.39, 0.29) is 56.0 Å². The first-order chi connectivity index (χ1) is 24.3. The summed E-state index contributed by atoms with van der Waals surface area (Å²) in [6.07, 6.45) is 3.94. The first-order valence-corrected chi connectivity index (χ1v) is 16.5. The van der Waals surface area contributed by atoms with Gasteiger partial charge in [0, 0.05) is 61.8 Å². The summed E-state index contributed by atoms with van der Waals surface area (Å²) in [5.41, 5.74) is 0.848.